The van der Waals surface area contributed by atoms with Crippen LogP contribution in [0.3, 0.4) is 0 Å². The minimum absolute atomic E-state index is 0.0789. The van der Waals surface area contributed by atoms with Crippen LogP contribution in [0.1, 0.15) is 103 Å². The number of cyclic esters (lactones) is 4. The van der Waals surface area contributed by atoms with Crippen molar-refractivity contribution in [1.82, 2.24) is 19.6 Å². The summed E-state index contributed by atoms with van der Waals surface area (Å²) in [4.78, 5) is 125. The average Bonchev–Trinajstić information content (AvgIpc) is 3.43. The van der Waals surface area contributed by atoms with Gasteiger partial charge in [0.15, 0.2) is 24.4 Å². The lowest BCUT2D eigenvalue weighted by Crippen LogP contribution is -2.55. The fourth-order valence-electron chi connectivity index (χ4n) is 9.86. The Kier molecular flexibility index (Phi) is 24.0. The Hall–Kier alpha value is -7.36. The van der Waals surface area contributed by atoms with E-state index in [0.717, 1.165) is 0 Å². The molecule has 4 aromatic rings. The molecule has 80 heavy (non-hydrogen) atoms. The van der Waals surface area contributed by atoms with E-state index in [9.17, 15) is 19.2 Å². The fraction of sp³-hybridized carbons (Fsp3) is 0.500. The molecule has 5 rings (SSSR count). The summed E-state index contributed by atoms with van der Waals surface area (Å²) in [6, 6.07) is 30.4. The first-order valence-electron chi connectivity index (χ1n) is 28.0. The zero-order chi connectivity index (χ0) is 58.8. The smallest absolute Gasteiger partial charge is 0.329 e. The van der Waals surface area contributed by atoms with Gasteiger partial charge >= 0.3 is 23.9 Å². The lowest BCUT2D eigenvalue weighted by molar-refractivity contribution is -0.177. The molecule has 0 saturated carbocycles. The predicted octanol–water partition coefficient (Wildman–Crippen LogP) is 8.11. The van der Waals surface area contributed by atoms with Gasteiger partial charge in [0.1, 0.15) is 24.2 Å². The maximum Gasteiger partial charge on any atom is 0.329 e. The molecular formula is C64H84N4O12. The van der Waals surface area contributed by atoms with Crippen molar-refractivity contribution in [2.75, 3.05) is 28.2 Å². The molecule has 0 bridgehead atoms. The molecule has 0 N–H and O–H groups in total. The number of likely N-dealkylation sites (N-methyl/N-ethyl adjacent to an activating group) is 4. The lowest BCUT2D eigenvalue weighted by Gasteiger charge is -2.36. The molecule has 4 amide bonds. The van der Waals surface area contributed by atoms with Gasteiger partial charge in [-0.1, -0.05) is 177 Å². The molecule has 1 aliphatic heterocycles. The van der Waals surface area contributed by atoms with E-state index in [1.807, 2.05) is 55.4 Å². The third kappa shape index (κ3) is 18.3. The molecule has 0 aromatic heterocycles. The number of nitrogens with zero attached hydrogens (tertiary/aromatic N) is 4. The number of hydrogen-bond donors (Lipinski definition) is 0. The Balaban J connectivity index is 1.72. The van der Waals surface area contributed by atoms with Crippen LogP contribution in [0.5, 0.6) is 0 Å². The predicted molar refractivity (Wildman–Crippen MR) is 304 cm³/mol. The van der Waals surface area contributed by atoms with E-state index < -0.39 is 96.1 Å². The van der Waals surface area contributed by atoms with E-state index in [0.29, 0.717) is 22.3 Å². The van der Waals surface area contributed by atoms with Gasteiger partial charge in [-0.3, -0.25) is 19.2 Å². The van der Waals surface area contributed by atoms with E-state index in [1.54, 1.807) is 121 Å². The topological polar surface area (TPSA) is 186 Å². The van der Waals surface area contributed by atoms with E-state index in [-0.39, 0.29) is 75.0 Å². The van der Waals surface area contributed by atoms with Gasteiger partial charge in [-0.15, -0.1) is 0 Å². The van der Waals surface area contributed by atoms with Crippen LogP contribution in [0.2, 0.25) is 0 Å². The van der Waals surface area contributed by atoms with Gasteiger partial charge in [0.25, 0.3) is 23.6 Å². The molecule has 1 aliphatic rings. The molecular weight excluding hydrogens is 1020 g/mol. The summed E-state index contributed by atoms with van der Waals surface area (Å²) in [7, 11) is 5.68. The van der Waals surface area contributed by atoms with Gasteiger partial charge in [0, 0.05) is 53.9 Å². The first-order valence-corrected chi connectivity index (χ1v) is 28.0. The van der Waals surface area contributed by atoms with Crippen molar-refractivity contribution in [3.05, 3.63) is 144 Å². The first kappa shape index (κ1) is 63.5. The van der Waals surface area contributed by atoms with Crippen LogP contribution in [-0.2, 0) is 83.0 Å². The second kappa shape index (κ2) is 30.3. The van der Waals surface area contributed by atoms with Crippen LogP contribution in [0.25, 0.3) is 0 Å². The van der Waals surface area contributed by atoms with Crippen LogP contribution in [-0.4, -0.2) is 144 Å². The number of carbonyl (C=O) groups excluding carboxylic acids is 8. The van der Waals surface area contributed by atoms with Crippen molar-refractivity contribution in [2.45, 2.75) is 155 Å². The largest absolute Gasteiger partial charge is 0.450 e. The number of ether oxygens (including phenoxy) is 4. The fourth-order valence-corrected chi connectivity index (χ4v) is 9.86. The number of rotatable bonds is 16. The Morgan fingerprint density at radius 2 is 0.463 bits per heavy atom. The molecule has 16 heteroatoms. The standard InChI is InChI=1S/C64H84N4O12/c1-41(2)33-49-61(73)77-54(38-46-27-19-14-20-28-46)58(70)66(10)51(35-43(5)6)63(75)79-56(40-48-31-23-16-24-32-48)60(72)68(12)52(36-44(7)8)64(76)80-55(39-47-29-21-15-22-30-47)59(71)67(11)50(34-42(3)4)62(74)78-53(57(69)65(49)9)37-45-25-17-13-18-26-45/h13-32,41-44,49-56H,33-40H2,1-12H3/t49-,50+,51+,52-,53-,54-,55-,56-/m1/s1. The van der Waals surface area contributed by atoms with Gasteiger partial charge in [-0.05, 0) is 71.6 Å². The molecule has 0 aliphatic carbocycles. The summed E-state index contributed by atoms with van der Waals surface area (Å²) >= 11 is 0. The second-order valence-electron chi connectivity index (χ2n) is 22.8. The van der Waals surface area contributed by atoms with Crippen molar-refractivity contribution in [2.24, 2.45) is 23.7 Å². The maximum absolute atomic E-state index is 15.1. The van der Waals surface area contributed by atoms with Gasteiger partial charge in [0.05, 0.1) is 0 Å². The highest BCUT2D eigenvalue weighted by atomic mass is 16.6. The Bertz CT molecular complexity index is 2300. The zero-order valence-electron chi connectivity index (χ0n) is 48.8. The quantitative estimate of drug-likeness (QED) is 0.0777. The van der Waals surface area contributed by atoms with Gasteiger partial charge in [-0.2, -0.15) is 0 Å². The van der Waals surface area contributed by atoms with E-state index in [1.165, 1.54) is 47.8 Å². The molecule has 1 saturated heterocycles. The van der Waals surface area contributed by atoms with E-state index in [2.05, 4.69) is 0 Å². The van der Waals surface area contributed by atoms with E-state index in [4.69, 9.17) is 18.9 Å². The summed E-state index contributed by atoms with van der Waals surface area (Å²) in [6.45, 7) is 14.9. The summed E-state index contributed by atoms with van der Waals surface area (Å²) in [6.07, 6.45) is -6.21. The summed E-state index contributed by atoms with van der Waals surface area (Å²) in [5.41, 5.74) is 2.55. The van der Waals surface area contributed by atoms with Crippen LogP contribution < -0.4 is 0 Å². The maximum atomic E-state index is 15.1. The average molecular weight is 1100 g/mol. The molecule has 0 unspecified atom stereocenters. The number of hydrogen-bond acceptors (Lipinski definition) is 12. The highest BCUT2D eigenvalue weighted by Gasteiger charge is 2.44. The Labute approximate surface area is 473 Å². The minimum atomic E-state index is -1.52. The number of carbonyl (C=O) groups is 8. The summed E-state index contributed by atoms with van der Waals surface area (Å²) in [5, 5.41) is 0. The van der Waals surface area contributed by atoms with Crippen molar-refractivity contribution < 1.29 is 57.3 Å². The Morgan fingerprint density at radius 1 is 0.300 bits per heavy atom. The van der Waals surface area contributed by atoms with Crippen LogP contribution in [0, 0.1) is 23.7 Å². The molecule has 1 fully saturated rings. The Morgan fingerprint density at radius 3 is 0.613 bits per heavy atom. The second-order valence-corrected chi connectivity index (χ2v) is 22.8. The summed E-state index contributed by atoms with van der Waals surface area (Å²) < 4.78 is 25.0. The monoisotopic (exact) mass is 1100 g/mol. The van der Waals surface area contributed by atoms with Crippen molar-refractivity contribution in [1.29, 1.82) is 0 Å². The van der Waals surface area contributed by atoms with Gasteiger partial charge < -0.3 is 38.5 Å². The van der Waals surface area contributed by atoms with Crippen LogP contribution in [0.15, 0.2) is 121 Å². The van der Waals surface area contributed by atoms with Gasteiger partial charge in [-0.25, -0.2) is 19.2 Å². The first-order chi connectivity index (χ1) is 37.9. The van der Waals surface area contributed by atoms with Crippen LogP contribution in [0.4, 0.5) is 0 Å². The minimum Gasteiger partial charge on any atom is -0.450 e. The molecule has 432 valence electrons. The van der Waals surface area contributed by atoms with Crippen molar-refractivity contribution in [3.8, 4) is 0 Å². The molecule has 16 nitrogen and oxygen atoms in total. The number of amides is 4. The molecule has 4 aromatic carbocycles. The van der Waals surface area contributed by atoms with Crippen LogP contribution >= 0.6 is 0 Å². The molecule has 0 spiro atoms. The van der Waals surface area contributed by atoms with Gasteiger partial charge in [0.2, 0.25) is 0 Å². The lowest BCUT2D eigenvalue weighted by atomic mass is 9.99. The molecule has 8 atom stereocenters. The van der Waals surface area contributed by atoms with Crippen molar-refractivity contribution >= 4 is 47.5 Å². The SMILES string of the molecule is CC(C)C[C@@H]1C(=O)O[C@H](Cc2ccccc2)C(=O)N(C)[C@@H](CC(C)C)C(=O)O[C@H](Cc2ccccc2)C(=O)N(C)[C@H](CC(C)C)C(=O)O[C@H](Cc2ccccc2)C(=O)N(C)[C@@H](CC(C)C)C(=O)O[C@H](Cc2ccccc2)C(=O)N1C. The highest BCUT2D eigenvalue weighted by Crippen LogP contribution is 2.26. The number of benzene rings is 4. The zero-order valence-corrected chi connectivity index (χ0v) is 48.8. The highest BCUT2D eigenvalue weighted by molar-refractivity contribution is 5.95. The normalized spacial score (nSPS) is 23.1. The number of esters is 4. The summed E-state index contributed by atoms with van der Waals surface area (Å²) in [5.74, 6) is -7.37. The third-order valence-corrected chi connectivity index (χ3v) is 14.3. The third-order valence-electron chi connectivity index (χ3n) is 14.3. The van der Waals surface area contributed by atoms with Crippen molar-refractivity contribution in [3.63, 3.8) is 0 Å². The molecule has 0 radical (unpaired) electrons. The molecule has 1 heterocycles. The van der Waals surface area contributed by atoms with E-state index >= 15 is 19.2 Å².